The zero-order valence-corrected chi connectivity index (χ0v) is 8.05. The number of halogens is 1. The number of carbonyl (C=O) groups excluding carboxylic acids is 1. The largest absolute Gasteiger partial charge is 0.279 e. The van der Waals surface area contributed by atoms with E-state index in [9.17, 15) is 4.79 Å². The quantitative estimate of drug-likeness (QED) is 0.665. The molecule has 1 amide bonds. The highest BCUT2D eigenvalue weighted by Gasteiger charge is 2.21. The number of hydrogen-bond acceptors (Lipinski definition) is 1. The minimum atomic E-state index is -0.144. The van der Waals surface area contributed by atoms with Gasteiger partial charge in [0.05, 0.1) is 5.56 Å². The monoisotopic (exact) mass is 223 g/mol. The fourth-order valence-corrected chi connectivity index (χ4v) is 1.85. The van der Waals surface area contributed by atoms with Gasteiger partial charge in [-0.05, 0) is 28.9 Å². The van der Waals surface area contributed by atoms with Crippen molar-refractivity contribution in [2.75, 3.05) is 0 Å². The van der Waals surface area contributed by atoms with Gasteiger partial charge in [0.15, 0.2) is 0 Å². The number of benzene rings is 1. The molecule has 2 nitrogen and oxygen atoms in total. The van der Waals surface area contributed by atoms with Crippen LogP contribution in [0.15, 0.2) is 27.7 Å². The summed E-state index contributed by atoms with van der Waals surface area (Å²) in [6.45, 7) is 1.84. The molecule has 60 valence electrons. The molecule has 0 atom stereocenters. The molecule has 1 aromatic carbocycles. The number of carbonyl (C=O) groups is 1. The minimum absolute atomic E-state index is 0.144. The molecule has 0 saturated carbocycles. The van der Waals surface area contributed by atoms with Crippen molar-refractivity contribution in [3.05, 3.63) is 33.8 Å². The Kier molecular flexibility index (Phi) is 1.61. The van der Waals surface area contributed by atoms with E-state index in [4.69, 9.17) is 0 Å². The van der Waals surface area contributed by atoms with Crippen LogP contribution in [0.5, 0.6) is 0 Å². The zero-order valence-electron chi connectivity index (χ0n) is 6.47. The van der Waals surface area contributed by atoms with Crippen LogP contribution in [0, 0.1) is 0 Å². The Labute approximate surface area is 78.4 Å². The maximum absolute atomic E-state index is 11.3. The summed E-state index contributed by atoms with van der Waals surface area (Å²) in [4.78, 5) is 15.1. The van der Waals surface area contributed by atoms with Crippen LogP contribution < -0.4 is 0 Å². The Morgan fingerprint density at radius 3 is 2.83 bits per heavy atom. The van der Waals surface area contributed by atoms with Gasteiger partial charge in [0, 0.05) is 15.7 Å². The number of fused-ring (bicyclic) bond motifs is 1. The second-order valence-electron chi connectivity index (χ2n) is 2.66. The van der Waals surface area contributed by atoms with Gasteiger partial charge >= 0.3 is 0 Å². The summed E-state index contributed by atoms with van der Waals surface area (Å²) in [5, 5.41) is 0. The summed E-state index contributed by atoms with van der Waals surface area (Å²) in [6.07, 6.45) is 0. The summed E-state index contributed by atoms with van der Waals surface area (Å²) in [5.41, 5.74) is 2.43. The molecule has 3 heteroatoms. The van der Waals surface area contributed by atoms with Crippen molar-refractivity contribution in [2.45, 2.75) is 6.92 Å². The van der Waals surface area contributed by atoms with Crippen LogP contribution in [0.3, 0.4) is 0 Å². The normalized spacial score (nSPS) is 14.5. The van der Waals surface area contributed by atoms with Crippen molar-refractivity contribution in [3.8, 4) is 0 Å². The third-order valence-electron chi connectivity index (χ3n) is 1.89. The Morgan fingerprint density at radius 2 is 2.17 bits per heavy atom. The molecule has 0 unspecified atom stereocenters. The first kappa shape index (κ1) is 7.68. The second kappa shape index (κ2) is 2.52. The lowest BCUT2D eigenvalue weighted by atomic mass is 10.1. The summed E-state index contributed by atoms with van der Waals surface area (Å²) >= 11 is 3.32. The molecule has 0 bridgehead atoms. The molecule has 12 heavy (non-hydrogen) atoms. The molecule has 2 rings (SSSR count). The summed E-state index contributed by atoms with van der Waals surface area (Å²) in [6, 6.07) is 5.66. The standard InChI is InChI=1S/C9H6BrNO/c1-5-6-3-2-4-7(10)8(6)9(12)11-5/h2-4H,1H3. The molecule has 1 aliphatic heterocycles. The van der Waals surface area contributed by atoms with Crippen LogP contribution in [0.4, 0.5) is 0 Å². The predicted octanol–water partition coefficient (Wildman–Crippen LogP) is 2.41. The van der Waals surface area contributed by atoms with Gasteiger partial charge in [-0.3, -0.25) is 4.79 Å². The molecule has 1 heterocycles. The van der Waals surface area contributed by atoms with Crippen molar-refractivity contribution in [1.82, 2.24) is 0 Å². The van der Waals surface area contributed by atoms with E-state index < -0.39 is 0 Å². The number of aliphatic imine (C=N–C) groups is 1. The first-order chi connectivity index (χ1) is 5.70. The van der Waals surface area contributed by atoms with E-state index in [-0.39, 0.29) is 5.91 Å². The third-order valence-corrected chi connectivity index (χ3v) is 2.55. The fraction of sp³-hybridized carbons (Fsp3) is 0.111. The maximum atomic E-state index is 11.3. The van der Waals surface area contributed by atoms with Gasteiger partial charge in [-0.15, -0.1) is 0 Å². The smallest absolute Gasteiger partial charge is 0.267 e. The predicted molar refractivity (Wildman–Crippen MR) is 50.7 cm³/mol. The highest BCUT2D eigenvalue weighted by molar-refractivity contribution is 9.10. The van der Waals surface area contributed by atoms with Crippen molar-refractivity contribution in [1.29, 1.82) is 0 Å². The number of amides is 1. The van der Waals surface area contributed by atoms with Gasteiger partial charge < -0.3 is 0 Å². The van der Waals surface area contributed by atoms with E-state index in [1.807, 2.05) is 25.1 Å². The maximum Gasteiger partial charge on any atom is 0.279 e. The Morgan fingerprint density at radius 1 is 1.42 bits per heavy atom. The Bertz CT molecular complexity index is 396. The van der Waals surface area contributed by atoms with Gasteiger partial charge in [-0.25, -0.2) is 4.99 Å². The Balaban J connectivity index is 2.76. The molecule has 0 aromatic heterocycles. The molecule has 0 radical (unpaired) electrons. The highest BCUT2D eigenvalue weighted by Crippen LogP contribution is 2.26. The zero-order chi connectivity index (χ0) is 8.72. The third kappa shape index (κ3) is 0.932. The van der Waals surface area contributed by atoms with Gasteiger partial charge in [-0.1, -0.05) is 12.1 Å². The lowest BCUT2D eigenvalue weighted by Gasteiger charge is -1.98. The van der Waals surface area contributed by atoms with Gasteiger partial charge in [0.1, 0.15) is 0 Å². The topological polar surface area (TPSA) is 29.4 Å². The van der Waals surface area contributed by atoms with Gasteiger partial charge in [0.25, 0.3) is 5.91 Å². The number of rotatable bonds is 0. The average Bonchev–Trinajstić information content (AvgIpc) is 2.29. The van der Waals surface area contributed by atoms with E-state index in [0.29, 0.717) is 5.56 Å². The summed E-state index contributed by atoms with van der Waals surface area (Å²) < 4.78 is 0.825. The minimum Gasteiger partial charge on any atom is -0.267 e. The number of nitrogens with zero attached hydrogens (tertiary/aromatic N) is 1. The number of hydrogen-bond donors (Lipinski definition) is 0. The van der Waals surface area contributed by atoms with Gasteiger partial charge in [0.2, 0.25) is 0 Å². The molecule has 0 spiro atoms. The first-order valence-electron chi connectivity index (χ1n) is 3.58. The summed E-state index contributed by atoms with van der Waals surface area (Å²) in [7, 11) is 0. The van der Waals surface area contributed by atoms with Crippen LogP contribution >= 0.6 is 15.9 Å². The molecule has 0 fully saturated rings. The lowest BCUT2D eigenvalue weighted by molar-refractivity contribution is 0.101. The highest BCUT2D eigenvalue weighted by atomic mass is 79.9. The second-order valence-corrected chi connectivity index (χ2v) is 3.52. The van der Waals surface area contributed by atoms with Crippen LogP contribution in [-0.4, -0.2) is 11.6 Å². The molecule has 0 saturated heterocycles. The lowest BCUT2D eigenvalue weighted by Crippen LogP contribution is -1.94. The van der Waals surface area contributed by atoms with Crippen LogP contribution in [0.25, 0.3) is 0 Å². The van der Waals surface area contributed by atoms with E-state index in [0.717, 1.165) is 15.7 Å². The molecule has 0 N–H and O–H groups in total. The van der Waals surface area contributed by atoms with Crippen molar-refractivity contribution in [3.63, 3.8) is 0 Å². The van der Waals surface area contributed by atoms with Crippen LogP contribution in [0.2, 0.25) is 0 Å². The van der Waals surface area contributed by atoms with Crippen LogP contribution in [-0.2, 0) is 0 Å². The summed E-state index contributed by atoms with van der Waals surface area (Å²) in [5.74, 6) is -0.144. The van der Waals surface area contributed by atoms with Crippen molar-refractivity contribution < 1.29 is 4.79 Å². The fourth-order valence-electron chi connectivity index (χ4n) is 1.31. The average molecular weight is 224 g/mol. The van der Waals surface area contributed by atoms with Gasteiger partial charge in [-0.2, -0.15) is 0 Å². The van der Waals surface area contributed by atoms with Crippen molar-refractivity contribution >= 4 is 27.5 Å². The first-order valence-corrected chi connectivity index (χ1v) is 4.38. The van der Waals surface area contributed by atoms with Crippen molar-refractivity contribution in [2.24, 2.45) is 4.99 Å². The SMILES string of the molecule is CC1=NC(=O)c2c(Br)cccc21. The molecule has 1 aromatic rings. The van der Waals surface area contributed by atoms with E-state index in [1.165, 1.54) is 0 Å². The molecular weight excluding hydrogens is 218 g/mol. The molecular formula is C9H6BrNO. The molecule has 1 aliphatic rings. The van der Waals surface area contributed by atoms with Crippen LogP contribution in [0.1, 0.15) is 22.8 Å². The van der Waals surface area contributed by atoms with E-state index >= 15 is 0 Å². The van der Waals surface area contributed by atoms with E-state index in [2.05, 4.69) is 20.9 Å². The van der Waals surface area contributed by atoms with E-state index in [1.54, 1.807) is 0 Å². The molecule has 0 aliphatic carbocycles. The Hall–Kier alpha value is -0.960.